The summed E-state index contributed by atoms with van der Waals surface area (Å²) >= 11 is 0. The summed E-state index contributed by atoms with van der Waals surface area (Å²) in [6.45, 7) is 10.4. The second-order valence-corrected chi connectivity index (χ2v) is 14.5. The van der Waals surface area contributed by atoms with Crippen molar-refractivity contribution < 1.29 is 0 Å². The number of para-hydroxylation sites is 1. The van der Waals surface area contributed by atoms with Gasteiger partial charge in [0, 0.05) is 33.7 Å². The third-order valence-electron chi connectivity index (χ3n) is 11.2. The van der Waals surface area contributed by atoms with Crippen molar-refractivity contribution in [2.75, 3.05) is 5.32 Å². The van der Waals surface area contributed by atoms with Crippen molar-refractivity contribution in [3.8, 4) is 39.1 Å². The molecule has 0 amide bonds. The van der Waals surface area contributed by atoms with E-state index in [1.807, 2.05) is 19.1 Å². The van der Waals surface area contributed by atoms with Crippen molar-refractivity contribution in [1.29, 1.82) is 0 Å². The van der Waals surface area contributed by atoms with E-state index in [0.717, 1.165) is 34.6 Å². The Balaban J connectivity index is 1.17. The quantitative estimate of drug-likeness (QED) is 0.116. The first-order chi connectivity index (χ1) is 27.6. The van der Waals surface area contributed by atoms with Gasteiger partial charge in [-0.3, -0.25) is 0 Å². The zero-order valence-corrected chi connectivity index (χ0v) is 32.2. The Labute approximate surface area is 329 Å². The predicted octanol–water partition coefficient (Wildman–Crippen LogP) is 15.3. The summed E-state index contributed by atoms with van der Waals surface area (Å²) in [5, 5.41) is 12.5. The van der Waals surface area contributed by atoms with Crippen molar-refractivity contribution in [1.82, 2.24) is 4.57 Å². The third-order valence-corrected chi connectivity index (χ3v) is 11.2. The lowest BCUT2D eigenvalue weighted by Gasteiger charge is -2.15. The largest absolute Gasteiger partial charge is 0.355 e. The molecule has 0 aliphatic rings. The Kier molecular flexibility index (Phi) is 9.17. The molecule has 9 rings (SSSR count). The van der Waals surface area contributed by atoms with Gasteiger partial charge in [0.1, 0.15) is 0 Å². The summed E-state index contributed by atoms with van der Waals surface area (Å²) in [6.07, 6.45) is 9.42. The lowest BCUT2D eigenvalue weighted by atomic mass is 9.92. The van der Waals surface area contributed by atoms with Gasteiger partial charge in [-0.1, -0.05) is 147 Å². The van der Waals surface area contributed by atoms with Crippen molar-refractivity contribution in [3.05, 3.63) is 199 Å². The molecule has 2 nitrogen and oxygen atoms in total. The second kappa shape index (κ2) is 14.7. The standard InChI is InChI=1S/C54H44N2/c1-5-8-27-53-36(4)44-30-28-40(37-17-15-19-41(32-37)45-21-13-14-26-52(45)55-42(6-2)7-3)35-54(44)56(53)43-20-16-18-38(33-43)39-29-31-50-48-24-10-9-22-46(48)47-23-11-12-25-49(47)51(50)34-39/h6-35,55H,2,5H2,1,3-4H3/b27-8-,42-7+. The summed E-state index contributed by atoms with van der Waals surface area (Å²) in [6, 6.07) is 57.9. The van der Waals surface area contributed by atoms with E-state index in [0.29, 0.717) is 0 Å². The Morgan fingerprint density at radius 2 is 1.14 bits per heavy atom. The third kappa shape index (κ3) is 6.10. The predicted molar refractivity (Wildman–Crippen MR) is 244 cm³/mol. The molecule has 2 heteroatoms. The number of rotatable bonds is 9. The van der Waals surface area contributed by atoms with Gasteiger partial charge in [0.25, 0.3) is 0 Å². The van der Waals surface area contributed by atoms with E-state index in [1.165, 1.54) is 76.7 Å². The van der Waals surface area contributed by atoms with Crippen molar-refractivity contribution in [2.45, 2.75) is 27.2 Å². The highest BCUT2D eigenvalue weighted by molar-refractivity contribution is 6.25. The van der Waals surface area contributed by atoms with Gasteiger partial charge in [0.2, 0.25) is 0 Å². The molecule has 0 aliphatic carbocycles. The normalized spacial score (nSPS) is 12.0. The highest BCUT2D eigenvalue weighted by Gasteiger charge is 2.17. The molecule has 9 aromatic rings. The SMILES string of the molecule is C=C/C(=C\C)Nc1ccccc1-c1cccc(-c2ccc3c(C)c(/C=C\CC)n(-c4cccc(-c5ccc6c7ccccc7c7ccccc7c6c5)c4)c3c2)c1. The van der Waals surface area contributed by atoms with Crippen molar-refractivity contribution >= 4 is 55.0 Å². The smallest absolute Gasteiger partial charge is 0.0543 e. The van der Waals surface area contributed by atoms with Gasteiger partial charge in [0.15, 0.2) is 0 Å². The molecule has 0 bridgehead atoms. The van der Waals surface area contributed by atoms with E-state index < -0.39 is 0 Å². The molecule has 1 heterocycles. The molecule has 0 saturated carbocycles. The monoisotopic (exact) mass is 720 g/mol. The highest BCUT2D eigenvalue weighted by Crippen LogP contribution is 2.39. The van der Waals surface area contributed by atoms with E-state index in [-0.39, 0.29) is 0 Å². The minimum absolute atomic E-state index is 0.970. The molecule has 0 radical (unpaired) electrons. The lowest BCUT2D eigenvalue weighted by Crippen LogP contribution is -1.98. The van der Waals surface area contributed by atoms with Gasteiger partial charge in [-0.15, -0.1) is 0 Å². The molecule has 0 saturated heterocycles. The zero-order chi connectivity index (χ0) is 38.2. The maximum atomic E-state index is 3.98. The van der Waals surface area contributed by atoms with Crippen LogP contribution >= 0.6 is 0 Å². The lowest BCUT2D eigenvalue weighted by molar-refractivity contribution is 1.09. The number of allylic oxidation sites excluding steroid dienone is 3. The Hall–Kier alpha value is -6.90. The maximum absolute atomic E-state index is 3.98. The minimum Gasteiger partial charge on any atom is -0.355 e. The van der Waals surface area contributed by atoms with Crippen LogP contribution in [0.15, 0.2) is 188 Å². The molecule has 0 unspecified atom stereocenters. The van der Waals surface area contributed by atoms with Gasteiger partial charge < -0.3 is 9.88 Å². The number of aryl methyl sites for hydroxylation is 1. The van der Waals surface area contributed by atoms with Gasteiger partial charge in [0.05, 0.1) is 5.52 Å². The number of nitrogens with one attached hydrogen (secondary N) is 1. The molecule has 1 N–H and O–H groups in total. The molecular formula is C54H44N2. The highest BCUT2D eigenvalue weighted by atomic mass is 15.0. The van der Waals surface area contributed by atoms with Crippen molar-refractivity contribution in [3.63, 3.8) is 0 Å². The summed E-state index contributed by atoms with van der Waals surface area (Å²) in [5.41, 5.74) is 13.9. The van der Waals surface area contributed by atoms with Crippen LogP contribution in [0.3, 0.4) is 0 Å². The van der Waals surface area contributed by atoms with Crippen molar-refractivity contribution in [2.24, 2.45) is 0 Å². The van der Waals surface area contributed by atoms with E-state index in [4.69, 9.17) is 0 Å². The number of hydrogen-bond acceptors (Lipinski definition) is 1. The second-order valence-electron chi connectivity index (χ2n) is 14.5. The number of nitrogens with zero attached hydrogens (tertiary/aromatic N) is 1. The molecule has 0 spiro atoms. The fraction of sp³-hybridized carbons (Fsp3) is 0.0741. The summed E-state index contributed by atoms with van der Waals surface area (Å²) in [5.74, 6) is 0. The summed E-state index contributed by atoms with van der Waals surface area (Å²) in [7, 11) is 0. The first-order valence-electron chi connectivity index (χ1n) is 19.6. The fourth-order valence-corrected chi connectivity index (χ4v) is 8.37. The van der Waals surface area contributed by atoms with Crippen LogP contribution in [0, 0.1) is 6.92 Å². The molecule has 270 valence electrons. The van der Waals surface area contributed by atoms with Crippen LogP contribution in [-0.4, -0.2) is 4.57 Å². The number of aromatic nitrogens is 1. The van der Waals surface area contributed by atoms with E-state index in [2.05, 4.69) is 200 Å². The number of benzene rings is 8. The number of hydrogen-bond donors (Lipinski definition) is 1. The first-order valence-corrected chi connectivity index (χ1v) is 19.6. The maximum Gasteiger partial charge on any atom is 0.0543 e. The van der Waals surface area contributed by atoms with Crippen LogP contribution in [0.4, 0.5) is 5.69 Å². The molecule has 0 fully saturated rings. The van der Waals surface area contributed by atoms with Crippen LogP contribution in [0.2, 0.25) is 0 Å². The zero-order valence-electron chi connectivity index (χ0n) is 32.2. The van der Waals surface area contributed by atoms with Gasteiger partial charge in [-0.2, -0.15) is 0 Å². The summed E-state index contributed by atoms with van der Waals surface area (Å²) < 4.78 is 2.45. The van der Waals surface area contributed by atoms with Gasteiger partial charge >= 0.3 is 0 Å². The fourth-order valence-electron chi connectivity index (χ4n) is 8.37. The van der Waals surface area contributed by atoms with Crippen LogP contribution < -0.4 is 5.32 Å². The summed E-state index contributed by atoms with van der Waals surface area (Å²) in [4.78, 5) is 0. The van der Waals surface area contributed by atoms with Gasteiger partial charge in [-0.05, 0) is 135 Å². The average Bonchev–Trinajstić information content (AvgIpc) is 3.54. The molecule has 1 aromatic heterocycles. The van der Waals surface area contributed by atoms with Gasteiger partial charge in [-0.25, -0.2) is 0 Å². The molecule has 0 aliphatic heterocycles. The Morgan fingerprint density at radius 1 is 0.571 bits per heavy atom. The molecule has 0 atom stereocenters. The number of fused-ring (bicyclic) bond motifs is 7. The van der Waals surface area contributed by atoms with E-state index >= 15 is 0 Å². The number of anilines is 1. The minimum atomic E-state index is 0.970. The van der Waals surface area contributed by atoms with E-state index in [9.17, 15) is 0 Å². The molecular weight excluding hydrogens is 677 g/mol. The molecule has 8 aromatic carbocycles. The van der Waals surface area contributed by atoms with Crippen LogP contribution in [0.25, 0.3) is 88.4 Å². The average molecular weight is 721 g/mol. The van der Waals surface area contributed by atoms with E-state index in [1.54, 1.807) is 0 Å². The van der Waals surface area contributed by atoms with Crippen LogP contribution in [0.5, 0.6) is 0 Å². The van der Waals surface area contributed by atoms with Crippen LogP contribution in [-0.2, 0) is 0 Å². The van der Waals surface area contributed by atoms with Crippen LogP contribution in [0.1, 0.15) is 31.5 Å². The molecule has 56 heavy (non-hydrogen) atoms. The topological polar surface area (TPSA) is 17.0 Å². The Bertz CT molecular complexity index is 2990. The Morgan fingerprint density at radius 3 is 1.84 bits per heavy atom. The first kappa shape index (κ1) is 34.8.